The van der Waals surface area contributed by atoms with Gasteiger partial charge in [0.15, 0.2) is 0 Å². The first-order valence-corrected chi connectivity index (χ1v) is 7.52. The Bertz CT molecular complexity index is 913. The zero-order valence-electron chi connectivity index (χ0n) is 12.9. The van der Waals surface area contributed by atoms with Crippen molar-refractivity contribution in [2.24, 2.45) is 0 Å². The zero-order valence-corrected chi connectivity index (χ0v) is 12.9. The number of H-pyrrole nitrogens is 2. The molecule has 0 fully saturated rings. The van der Waals surface area contributed by atoms with Crippen LogP contribution < -0.4 is 11.2 Å². The average molecular weight is 353 g/mol. The first kappa shape index (κ1) is 17.0. The van der Waals surface area contributed by atoms with Crippen molar-refractivity contribution in [2.45, 2.75) is 32.1 Å². The molecule has 0 atom stereocenters. The lowest BCUT2D eigenvalue weighted by Crippen LogP contribution is -2.27. The van der Waals surface area contributed by atoms with Gasteiger partial charge in [0.2, 0.25) is 5.91 Å². The van der Waals surface area contributed by atoms with Crippen LogP contribution in [0.5, 0.6) is 0 Å². The summed E-state index contributed by atoms with van der Waals surface area (Å²) in [6.07, 6.45) is -4.00. The van der Waals surface area contributed by atoms with Crippen LogP contribution in [0, 0.1) is 0 Å². The number of halogens is 3. The Labute approximate surface area is 139 Å². The van der Waals surface area contributed by atoms with E-state index in [1.807, 2.05) is 0 Å². The highest BCUT2D eigenvalue weighted by Crippen LogP contribution is 2.29. The van der Waals surface area contributed by atoms with Crippen molar-refractivity contribution >= 4 is 5.91 Å². The summed E-state index contributed by atoms with van der Waals surface area (Å²) in [5.74, 6) is -0.239. The van der Waals surface area contributed by atoms with E-state index in [0.29, 0.717) is 16.8 Å². The van der Waals surface area contributed by atoms with E-state index in [0.717, 1.165) is 12.1 Å². The molecule has 25 heavy (non-hydrogen) atoms. The molecule has 2 N–H and O–H groups in total. The topological polar surface area (TPSA) is 86.0 Å². The van der Waals surface area contributed by atoms with Gasteiger partial charge >= 0.3 is 11.9 Å². The summed E-state index contributed by atoms with van der Waals surface area (Å²) < 4.78 is 37.5. The van der Waals surface area contributed by atoms with E-state index in [9.17, 15) is 27.6 Å². The van der Waals surface area contributed by atoms with E-state index in [-0.39, 0.29) is 31.8 Å². The van der Waals surface area contributed by atoms with Crippen molar-refractivity contribution in [2.75, 3.05) is 0 Å². The average Bonchev–Trinajstić information content (AvgIpc) is 2.96. The van der Waals surface area contributed by atoms with Crippen molar-refractivity contribution in [3.63, 3.8) is 0 Å². The van der Waals surface area contributed by atoms with Crippen LogP contribution in [0.2, 0.25) is 0 Å². The summed E-state index contributed by atoms with van der Waals surface area (Å²) in [6, 6.07) is 4.65. The van der Waals surface area contributed by atoms with Crippen molar-refractivity contribution in [1.29, 1.82) is 0 Å². The SMILES string of the molecule is O=C(CCc1ccc(C(F)(F)F)cc1)N1Cc2[nH]c(=O)[nH]c(=O)c2C1. The van der Waals surface area contributed by atoms with E-state index < -0.39 is 23.0 Å². The third-order valence-electron chi connectivity index (χ3n) is 4.09. The fourth-order valence-electron chi connectivity index (χ4n) is 2.75. The summed E-state index contributed by atoms with van der Waals surface area (Å²) >= 11 is 0. The molecule has 1 aromatic heterocycles. The van der Waals surface area contributed by atoms with Crippen LogP contribution in [-0.4, -0.2) is 20.8 Å². The molecule has 2 aromatic rings. The number of benzene rings is 1. The third-order valence-corrected chi connectivity index (χ3v) is 4.09. The summed E-state index contributed by atoms with van der Waals surface area (Å²) in [7, 11) is 0. The minimum absolute atomic E-state index is 0.0987. The predicted molar refractivity (Wildman–Crippen MR) is 81.7 cm³/mol. The number of aromatic amines is 2. The van der Waals surface area contributed by atoms with Gasteiger partial charge in [-0.2, -0.15) is 13.2 Å². The second-order valence-electron chi connectivity index (χ2n) is 5.81. The molecule has 1 aliphatic rings. The molecule has 0 aliphatic carbocycles. The fraction of sp³-hybridized carbons (Fsp3) is 0.312. The van der Waals surface area contributed by atoms with Gasteiger partial charge in [-0.15, -0.1) is 0 Å². The van der Waals surface area contributed by atoms with Crippen LogP contribution in [0.1, 0.15) is 28.8 Å². The molecule has 0 saturated heterocycles. The number of hydrogen-bond acceptors (Lipinski definition) is 3. The number of aromatic nitrogens is 2. The Hall–Kier alpha value is -2.84. The number of amides is 1. The maximum Gasteiger partial charge on any atom is 0.416 e. The Morgan fingerprint density at radius 2 is 1.76 bits per heavy atom. The normalized spacial score (nSPS) is 13.8. The second-order valence-corrected chi connectivity index (χ2v) is 5.81. The van der Waals surface area contributed by atoms with Crippen LogP contribution in [0.4, 0.5) is 13.2 Å². The molecule has 0 radical (unpaired) electrons. The number of alkyl halides is 3. The lowest BCUT2D eigenvalue weighted by atomic mass is 10.1. The van der Waals surface area contributed by atoms with Gasteiger partial charge in [0.1, 0.15) is 0 Å². The molecule has 0 saturated carbocycles. The van der Waals surface area contributed by atoms with Gasteiger partial charge < -0.3 is 9.88 Å². The smallest absolute Gasteiger partial charge is 0.332 e. The van der Waals surface area contributed by atoms with Gasteiger partial charge in [-0.05, 0) is 24.1 Å². The molecule has 9 heteroatoms. The van der Waals surface area contributed by atoms with Crippen LogP contribution in [0.25, 0.3) is 0 Å². The molecule has 0 spiro atoms. The van der Waals surface area contributed by atoms with Crippen LogP contribution in [0.3, 0.4) is 0 Å². The molecule has 1 aliphatic heterocycles. The Morgan fingerprint density at radius 3 is 2.40 bits per heavy atom. The van der Waals surface area contributed by atoms with Crippen LogP contribution in [-0.2, 0) is 30.5 Å². The molecule has 6 nitrogen and oxygen atoms in total. The minimum atomic E-state index is -4.39. The molecule has 1 aromatic carbocycles. The predicted octanol–water partition coefficient (Wildman–Crippen LogP) is 1.56. The van der Waals surface area contributed by atoms with Gasteiger partial charge in [-0.25, -0.2) is 4.79 Å². The van der Waals surface area contributed by atoms with E-state index in [4.69, 9.17) is 0 Å². The number of carbonyl (C=O) groups is 1. The fourth-order valence-corrected chi connectivity index (χ4v) is 2.75. The summed E-state index contributed by atoms with van der Waals surface area (Å²) in [6.45, 7) is 0.244. The van der Waals surface area contributed by atoms with Crippen molar-refractivity contribution in [3.8, 4) is 0 Å². The van der Waals surface area contributed by atoms with E-state index in [1.165, 1.54) is 17.0 Å². The zero-order chi connectivity index (χ0) is 18.2. The number of nitrogens with one attached hydrogen (secondary N) is 2. The van der Waals surface area contributed by atoms with Crippen molar-refractivity contribution < 1.29 is 18.0 Å². The maximum atomic E-state index is 12.5. The number of fused-ring (bicyclic) bond motifs is 1. The summed E-state index contributed by atoms with van der Waals surface area (Å²) in [5, 5.41) is 0. The van der Waals surface area contributed by atoms with E-state index >= 15 is 0 Å². The molecular formula is C16H14F3N3O3. The molecule has 3 rings (SSSR count). The largest absolute Gasteiger partial charge is 0.416 e. The standard InChI is InChI=1S/C16H14F3N3O3/c17-16(18,19)10-4-1-9(2-5-10)3-6-13(23)22-7-11-12(8-22)20-15(25)21-14(11)24/h1-2,4-5H,3,6-8H2,(H2,20,21,24,25). The molecule has 132 valence electrons. The van der Waals surface area contributed by atoms with Crippen molar-refractivity contribution in [1.82, 2.24) is 14.9 Å². The van der Waals surface area contributed by atoms with Gasteiger partial charge in [0.05, 0.1) is 24.2 Å². The highest BCUT2D eigenvalue weighted by Gasteiger charge is 2.30. The maximum absolute atomic E-state index is 12.5. The minimum Gasteiger partial charge on any atom is -0.332 e. The first-order valence-electron chi connectivity index (χ1n) is 7.52. The van der Waals surface area contributed by atoms with Gasteiger partial charge in [0.25, 0.3) is 5.56 Å². The number of aryl methyl sites for hydroxylation is 1. The van der Waals surface area contributed by atoms with Crippen molar-refractivity contribution in [3.05, 3.63) is 67.5 Å². The number of hydrogen-bond donors (Lipinski definition) is 2. The monoisotopic (exact) mass is 353 g/mol. The summed E-state index contributed by atoms with van der Waals surface area (Å²) in [4.78, 5) is 41.2. The van der Waals surface area contributed by atoms with E-state index in [2.05, 4.69) is 9.97 Å². The molecule has 0 unspecified atom stereocenters. The highest BCUT2D eigenvalue weighted by molar-refractivity contribution is 5.77. The second kappa shape index (κ2) is 6.23. The molecule has 2 heterocycles. The number of carbonyl (C=O) groups excluding carboxylic acids is 1. The third kappa shape index (κ3) is 3.65. The molecular weight excluding hydrogens is 339 g/mol. The number of nitrogens with zero attached hydrogens (tertiary/aromatic N) is 1. The van der Waals surface area contributed by atoms with Gasteiger partial charge in [-0.1, -0.05) is 12.1 Å². The van der Waals surface area contributed by atoms with Crippen LogP contribution >= 0.6 is 0 Å². The summed E-state index contributed by atoms with van der Waals surface area (Å²) in [5.41, 5.74) is -0.497. The first-order chi connectivity index (χ1) is 11.7. The molecule has 0 bridgehead atoms. The lowest BCUT2D eigenvalue weighted by Gasteiger charge is -2.15. The van der Waals surface area contributed by atoms with Gasteiger partial charge in [0, 0.05) is 12.1 Å². The van der Waals surface area contributed by atoms with Crippen LogP contribution in [0.15, 0.2) is 33.9 Å². The highest BCUT2D eigenvalue weighted by atomic mass is 19.4. The molecule has 1 amide bonds. The van der Waals surface area contributed by atoms with Gasteiger partial charge in [-0.3, -0.25) is 14.6 Å². The Balaban J connectivity index is 1.62. The van der Waals surface area contributed by atoms with E-state index in [1.54, 1.807) is 0 Å². The Kier molecular flexibility index (Phi) is 4.23. The quantitative estimate of drug-likeness (QED) is 0.878. The number of rotatable bonds is 3. The Morgan fingerprint density at radius 1 is 1.08 bits per heavy atom. The lowest BCUT2D eigenvalue weighted by molar-refractivity contribution is -0.137.